The molecule has 0 fully saturated rings. The zero-order valence-corrected chi connectivity index (χ0v) is 25.3. The zero-order chi connectivity index (χ0) is 31.3. The second kappa shape index (κ2) is 13.4. The number of carbonyl (C=O) groups is 2. The molecular formula is C34H34FN3O5S. The van der Waals surface area contributed by atoms with Crippen LogP contribution in [-0.4, -0.2) is 43.8 Å². The number of esters is 1. The van der Waals surface area contributed by atoms with Crippen molar-refractivity contribution in [1.82, 2.24) is 4.31 Å². The largest absolute Gasteiger partial charge is 0.456 e. The van der Waals surface area contributed by atoms with Crippen molar-refractivity contribution in [3.05, 3.63) is 120 Å². The Hall–Kier alpha value is -4.54. The highest BCUT2D eigenvalue weighted by Crippen LogP contribution is 2.36. The second-order valence-electron chi connectivity index (χ2n) is 10.8. The van der Waals surface area contributed by atoms with E-state index < -0.39 is 40.4 Å². The van der Waals surface area contributed by atoms with Gasteiger partial charge in [0.25, 0.3) is 5.91 Å². The van der Waals surface area contributed by atoms with Gasteiger partial charge in [-0.05, 0) is 92.1 Å². The molecule has 0 spiro atoms. The van der Waals surface area contributed by atoms with E-state index in [2.05, 4.69) is 24.1 Å². The number of halogens is 1. The molecule has 1 amide bonds. The van der Waals surface area contributed by atoms with Crippen molar-refractivity contribution in [2.24, 2.45) is 0 Å². The molecule has 1 aliphatic heterocycles. The highest BCUT2D eigenvalue weighted by atomic mass is 32.2. The molecule has 0 aromatic heterocycles. The molecule has 1 heterocycles. The van der Waals surface area contributed by atoms with E-state index in [1.807, 2.05) is 54.6 Å². The van der Waals surface area contributed by atoms with E-state index in [9.17, 15) is 22.4 Å². The number of nitrogens with one attached hydrogen (secondary N) is 1. The van der Waals surface area contributed by atoms with Gasteiger partial charge in [0.1, 0.15) is 5.82 Å². The molecule has 1 N–H and O–H groups in total. The Bertz CT molecular complexity index is 1710. The van der Waals surface area contributed by atoms with E-state index in [1.165, 1.54) is 16.4 Å². The number of hydrogen-bond acceptors (Lipinski definition) is 6. The van der Waals surface area contributed by atoms with E-state index in [-0.39, 0.29) is 23.9 Å². The molecule has 0 saturated carbocycles. The lowest BCUT2D eigenvalue weighted by Crippen LogP contribution is -2.41. The van der Waals surface area contributed by atoms with Crippen LogP contribution in [0.1, 0.15) is 37.4 Å². The van der Waals surface area contributed by atoms with Gasteiger partial charge in [-0.3, -0.25) is 9.59 Å². The first-order chi connectivity index (χ1) is 21.1. The third kappa shape index (κ3) is 6.98. The molecule has 0 saturated heterocycles. The Kier molecular flexibility index (Phi) is 9.41. The fraction of sp³-hybridized carbons (Fsp3) is 0.235. The summed E-state index contributed by atoms with van der Waals surface area (Å²) in [4.78, 5) is 27.7. The highest BCUT2D eigenvalue weighted by Gasteiger charge is 2.38. The van der Waals surface area contributed by atoms with Gasteiger partial charge in [0.05, 0.1) is 17.4 Å². The number of hydrogen-bond donors (Lipinski definition) is 1. The SMILES string of the molecule is CC(C)N(c1ccccc1)c1ccc(NC(=O)COC(=O)C[C@@H]2c3ccccc3CCN2S(=O)(=O)c2ccc(F)cc2)cc1. The maximum Gasteiger partial charge on any atom is 0.308 e. The van der Waals surface area contributed by atoms with Crippen LogP contribution in [0.4, 0.5) is 21.5 Å². The van der Waals surface area contributed by atoms with Gasteiger partial charge in [-0.15, -0.1) is 0 Å². The second-order valence-corrected chi connectivity index (χ2v) is 12.7. The average molecular weight is 616 g/mol. The summed E-state index contributed by atoms with van der Waals surface area (Å²) in [6.45, 7) is 3.81. The van der Waals surface area contributed by atoms with Crippen LogP contribution >= 0.6 is 0 Å². The maximum absolute atomic E-state index is 13.5. The Labute approximate surface area is 257 Å². The summed E-state index contributed by atoms with van der Waals surface area (Å²) in [5.41, 5.74) is 4.18. The molecule has 4 aromatic rings. The molecule has 5 rings (SSSR count). The number of benzene rings is 4. The predicted molar refractivity (Wildman–Crippen MR) is 168 cm³/mol. The van der Waals surface area contributed by atoms with Gasteiger partial charge in [0, 0.05) is 29.6 Å². The van der Waals surface area contributed by atoms with Crippen molar-refractivity contribution in [2.75, 3.05) is 23.4 Å². The molecule has 0 aliphatic carbocycles. The van der Waals surface area contributed by atoms with Crippen LogP contribution in [0.2, 0.25) is 0 Å². The smallest absolute Gasteiger partial charge is 0.308 e. The van der Waals surface area contributed by atoms with Gasteiger partial charge in [-0.25, -0.2) is 12.8 Å². The van der Waals surface area contributed by atoms with Crippen molar-refractivity contribution in [3.8, 4) is 0 Å². The summed E-state index contributed by atoms with van der Waals surface area (Å²) >= 11 is 0. The predicted octanol–water partition coefficient (Wildman–Crippen LogP) is 6.23. The fourth-order valence-corrected chi connectivity index (χ4v) is 7.07. The molecule has 4 aromatic carbocycles. The monoisotopic (exact) mass is 615 g/mol. The number of nitrogens with zero attached hydrogens (tertiary/aromatic N) is 2. The molecule has 0 unspecified atom stereocenters. The van der Waals surface area contributed by atoms with Crippen molar-refractivity contribution >= 4 is 39.0 Å². The van der Waals surface area contributed by atoms with Gasteiger partial charge < -0.3 is 15.0 Å². The third-order valence-corrected chi connectivity index (χ3v) is 9.41. The van der Waals surface area contributed by atoms with Crippen LogP contribution in [-0.2, 0) is 30.8 Å². The molecular weight excluding hydrogens is 581 g/mol. The van der Waals surface area contributed by atoms with E-state index in [4.69, 9.17) is 4.74 Å². The first-order valence-electron chi connectivity index (χ1n) is 14.4. The van der Waals surface area contributed by atoms with Gasteiger partial charge in [-0.1, -0.05) is 42.5 Å². The standard InChI is InChI=1S/C34H34FN3O5S/c1-24(2)38(28-9-4-3-5-10-28)29-16-14-27(15-17-29)36-33(39)23-43-34(40)22-32-31-11-7-6-8-25(31)20-21-37(32)44(41,42)30-18-12-26(35)13-19-30/h3-19,24,32H,20-23H2,1-2H3,(H,36,39)/t32-/m1/s1. The Morgan fingerprint density at radius 1 is 0.909 bits per heavy atom. The Morgan fingerprint density at radius 2 is 1.55 bits per heavy atom. The first kappa shape index (κ1) is 30.9. The first-order valence-corrected chi connectivity index (χ1v) is 15.8. The van der Waals surface area contributed by atoms with E-state index >= 15 is 0 Å². The van der Waals surface area contributed by atoms with Crippen LogP contribution in [0.3, 0.4) is 0 Å². The number of sulfonamides is 1. The van der Waals surface area contributed by atoms with Crippen LogP contribution in [0.15, 0.2) is 108 Å². The minimum Gasteiger partial charge on any atom is -0.456 e. The number of rotatable bonds is 10. The van der Waals surface area contributed by atoms with Crippen molar-refractivity contribution in [1.29, 1.82) is 0 Å². The molecule has 0 radical (unpaired) electrons. The Morgan fingerprint density at radius 3 is 2.23 bits per heavy atom. The van der Waals surface area contributed by atoms with Crippen LogP contribution in [0.5, 0.6) is 0 Å². The summed E-state index contributed by atoms with van der Waals surface area (Å²) in [5.74, 6) is -1.78. The minimum atomic E-state index is -4.05. The highest BCUT2D eigenvalue weighted by molar-refractivity contribution is 7.89. The quantitative estimate of drug-likeness (QED) is 0.213. The van der Waals surface area contributed by atoms with Gasteiger partial charge in [0.2, 0.25) is 10.0 Å². The molecule has 10 heteroatoms. The van der Waals surface area contributed by atoms with E-state index in [0.29, 0.717) is 17.7 Å². The molecule has 1 aliphatic rings. The van der Waals surface area contributed by atoms with Gasteiger partial charge >= 0.3 is 5.97 Å². The third-order valence-electron chi connectivity index (χ3n) is 7.49. The summed E-state index contributed by atoms with van der Waals surface area (Å²) in [5, 5.41) is 2.74. The number of amides is 1. The van der Waals surface area contributed by atoms with Crippen molar-refractivity contribution in [3.63, 3.8) is 0 Å². The van der Waals surface area contributed by atoms with Crippen LogP contribution in [0.25, 0.3) is 0 Å². The topological polar surface area (TPSA) is 96.0 Å². The van der Waals surface area contributed by atoms with Gasteiger partial charge in [0.15, 0.2) is 6.61 Å². The normalized spacial score (nSPS) is 15.0. The average Bonchev–Trinajstić information content (AvgIpc) is 3.01. The molecule has 1 atom stereocenters. The summed E-state index contributed by atoms with van der Waals surface area (Å²) in [6, 6.07) is 28.7. The number of fused-ring (bicyclic) bond motifs is 1. The van der Waals surface area contributed by atoms with Crippen LogP contribution in [0, 0.1) is 5.82 Å². The fourth-order valence-electron chi connectivity index (χ4n) is 5.47. The number of ether oxygens (including phenoxy) is 1. The Balaban J connectivity index is 1.23. The van der Waals surface area contributed by atoms with Crippen molar-refractivity contribution < 1.29 is 27.1 Å². The van der Waals surface area contributed by atoms with E-state index in [0.717, 1.165) is 29.1 Å². The molecule has 8 nitrogen and oxygen atoms in total. The zero-order valence-electron chi connectivity index (χ0n) is 24.5. The molecule has 228 valence electrons. The molecule has 44 heavy (non-hydrogen) atoms. The number of anilines is 3. The lowest BCUT2D eigenvalue weighted by molar-refractivity contribution is -0.148. The summed E-state index contributed by atoms with van der Waals surface area (Å²) < 4.78 is 47.1. The van der Waals surface area contributed by atoms with Gasteiger partial charge in [-0.2, -0.15) is 4.31 Å². The van der Waals surface area contributed by atoms with E-state index in [1.54, 1.807) is 24.3 Å². The lowest BCUT2D eigenvalue weighted by Gasteiger charge is -2.36. The minimum absolute atomic E-state index is 0.0673. The number of para-hydroxylation sites is 1. The van der Waals surface area contributed by atoms with Crippen LogP contribution < -0.4 is 10.2 Å². The molecule has 0 bridgehead atoms. The van der Waals surface area contributed by atoms with Crippen molar-refractivity contribution in [2.45, 2.75) is 43.7 Å². The maximum atomic E-state index is 13.5. The number of carbonyl (C=O) groups excluding carboxylic acids is 2. The lowest BCUT2D eigenvalue weighted by atomic mass is 9.92. The summed E-state index contributed by atoms with van der Waals surface area (Å²) in [6.07, 6.45) is 0.174. The summed E-state index contributed by atoms with van der Waals surface area (Å²) in [7, 11) is -4.05.